The van der Waals surface area contributed by atoms with Crippen molar-refractivity contribution < 1.29 is 27.0 Å². The van der Waals surface area contributed by atoms with Crippen LogP contribution in [0.15, 0.2) is 42.6 Å². The number of alkyl halides is 3. The van der Waals surface area contributed by atoms with E-state index in [9.17, 15) is 17.6 Å². The zero-order valence-electron chi connectivity index (χ0n) is 19.7. The van der Waals surface area contributed by atoms with Gasteiger partial charge in [-0.25, -0.2) is 9.37 Å². The van der Waals surface area contributed by atoms with Crippen LogP contribution in [0.1, 0.15) is 18.4 Å². The highest BCUT2D eigenvalue weighted by Gasteiger charge is 2.36. The lowest BCUT2D eigenvalue weighted by atomic mass is 10.1. The van der Waals surface area contributed by atoms with Gasteiger partial charge in [0.05, 0.1) is 29.5 Å². The van der Waals surface area contributed by atoms with Crippen molar-refractivity contribution in [1.29, 1.82) is 0 Å². The number of halogens is 5. The summed E-state index contributed by atoms with van der Waals surface area (Å²) in [6, 6.07) is 8.57. The Balaban J connectivity index is 1.40. The van der Waals surface area contributed by atoms with Crippen LogP contribution >= 0.6 is 11.6 Å². The average molecular weight is 538 g/mol. The van der Waals surface area contributed by atoms with Gasteiger partial charge in [0.1, 0.15) is 23.6 Å². The van der Waals surface area contributed by atoms with Crippen molar-refractivity contribution in [3.63, 3.8) is 0 Å². The third kappa shape index (κ3) is 5.88. The Hall–Kier alpha value is -3.18. The number of piperazine rings is 1. The minimum Gasteiger partial charge on any atom is -0.460 e. The molecule has 0 N–H and O–H groups in total. The van der Waals surface area contributed by atoms with Gasteiger partial charge in [-0.3, -0.25) is 0 Å². The second-order valence-corrected chi connectivity index (χ2v) is 9.21. The Kier molecular flexibility index (Phi) is 7.34. The van der Waals surface area contributed by atoms with Crippen molar-refractivity contribution in [2.75, 3.05) is 49.2 Å². The molecule has 2 aromatic heterocycles. The van der Waals surface area contributed by atoms with Crippen molar-refractivity contribution >= 4 is 23.2 Å². The monoisotopic (exact) mass is 537 g/mol. The van der Waals surface area contributed by atoms with E-state index >= 15 is 0 Å². The first-order valence-electron chi connectivity index (χ1n) is 11.9. The van der Waals surface area contributed by atoms with Gasteiger partial charge in [-0.15, -0.1) is 0 Å². The van der Waals surface area contributed by atoms with E-state index in [-0.39, 0.29) is 23.0 Å². The summed E-state index contributed by atoms with van der Waals surface area (Å²) in [6.07, 6.45) is -1.82. The van der Waals surface area contributed by atoms with Crippen LogP contribution < -0.4 is 14.5 Å². The lowest BCUT2D eigenvalue weighted by molar-refractivity contribution is -0.137. The van der Waals surface area contributed by atoms with Gasteiger partial charge in [0, 0.05) is 56.8 Å². The number of aromatic nitrogens is 3. The number of hydrogen-bond acceptors (Lipinski definition) is 7. The molecule has 2 saturated heterocycles. The van der Waals surface area contributed by atoms with E-state index < -0.39 is 17.6 Å². The van der Waals surface area contributed by atoms with Gasteiger partial charge in [0.15, 0.2) is 0 Å². The fraction of sp³-hybridized carbons (Fsp3) is 0.400. The van der Waals surface area contributed by atoms with Crippen LogP contribution in [-0.4, -0.2) is 60.4 Å². The van der Waals surface area contributed by atoms with Crippen molar-refractivity contribution in [2.24, 2.45) is 0 Å². The summed E-state index contributed by atoms with van der Waals surface area (Å²) in [6.45, 7) is 2.62. The highest BCUT2D eigenvalue weighted by atomic mass is 35.5. The fourth-order valence-corrected chi connectivity index (χ4v) is 4.57. The Bertz CT molecular complexity index is 1250. The van der Waals surface area contributed by atoms with Crippen LogP contribution in [0.2, 0.25) is 5.02 Å². The first-order chi connectivity index (χ1) is 17.8. The largest absolute Gasteiger partial charge is 0.460 e. The summed E-state index contributed by atoms with van der Waals surface area (Å²) in [5.74, 6) is -0.0611. The van der Waals surface area contributed by atoms with Crippen molar-refractivity contribution in [3.8, 4) is 17.3 Å². The van der Waals surface area contributed by atoms with Crippen molar-refractivity contribution in [2.45, 2.75) is 25.1 Å². The van der Waals surface area contributed by atoms with Gasteiger partial charge >= 0.3 is 12.2 Å². The SMILES string of the molecule is Fc1ccc(-c2cc(N3CCN(c4ncccc4C(F)(F)F)CC3)nc(OC3CCOCC3)n2)cc1Cl. The Morgan fingerprint density at radius 3 is 2.41 bits per heavy atom. The molecule has 0 bridgehead atoms. The summed E-state index contributed by atoms with van der Waals surface area (Å²) in [5.41, 5.74) is 0.336. The second kappa shape index (κ2) is 10.7. The van der Waals surface area contributed by atoms with Gasteiger partial charge in [0.25, 0.3) is 0 Å². The first kappa shape index (κ1) is 25.5. The molecule has 37 heavy (non-hydrogen) atoms. The molecular formula is C25H24ClF4N5O2. The van der Waals surface area contributed by atoms with E-state index in [4.69, 9.17) is 21.1 Å². The lowest BCUT2D eigenvalue weighted by Gasteiger charge is -2.37. The van der Waals surface area contributed by atoms with Crippen molar-refractivity contribution in [3.05, 3.63) is 59.0 Å². The van der Waals surface area contributed by atoms with Gasteiger partial charge in [-0.1, -0.05) is 11.6 Å². The van der Waals surface area contributed by atoms with Crippen molar-refractivity contribution in [1.82, 2.24) is 15.0 Å². The zero-order chi connectivity index (χ0) is 26.0. The normalized spacial score (nSPS) is 17.2. The van der Waals surface area contributed by atoms with E-state index in [1.807, 2.05) is 4.90 Å². The number of ether oxygens (including phenoxy) is 2. The topological polar surface area (TPSA) is 63.6 Å². The van der Waals surface area contributed by atoms with E-state index in [1.165, 1.54) is 24.4 Å². The van der Waals surface area contributed by atoms with E-state index in [1.54, 1.807) is 17.0 Å². The second-order valence-electron chi connectivity index (χ2n) is 8.80. The Morgan fingerprint density at radius 1 is 0.973 bits per heavy atom. The quantitative estimate of drug-likeness (QED) is 0.413. The minimum atomic E-state index is -4.49. The number of benzene rings is 1. The molecule has 0 aliphatic carbocycles. The number of rotatable bonds is 5. The van der Waals surface area contributed by atoms with Crippen LogP contribution in [0.5, 0.6) is 6.01 Å². The first-order valence-corrected chi connectivity index (χ1v) is 12.3. The Morgan fingerprint density at radius 2 is 1.70 bits per heavy atom. The molecule has 7 nitrogen and oxygen atoms in total. The predicted octanol–water partition coefficient (Wildman–Crippen LogP) is 5.23. The molecule has 0 radical (unpaired) electrons. The standard InChI is InChI=1S/C25H24ClF4N5O2/c26-19-14-16(3-4-20(19)27)21-15-22(33-24(32-21)37-17-5-12-36-13-6-17)34-8-10-35(11-9-34)23-18(25(28,29)30)2-1-7-31-23/h1-4,7,14-15,17H,5-6,8-13H2. The highest BCUT2D eigenvalue weighted by Crippen LogP contribution is 2.36. The summed E-state index contributed by atoms with van der Waals surface area (Å²) >= 11 is 6.00. The fourth-order valence-electron chi connectivity index (χ4n) is 4.39. The molecule has 0 unspecified atom stereocenters. The number of hydrogen-bond donors (Lipinski definition) is 0. The minimum absolute atomic E-state index is 0.0333. The Labute approximate surface area is 216 Å². The van der Waals surface area contributed by atoms with Gasteiger partial charge in [0.2, 0.25) is 0 Å². The summed E-state index contributed by atoms with van der Waals surface area (Å²) in [7, 11) is 0. The molecule has 196 valence electrons. The smallest absolute Gasteiger partial charge is 0.419 e. The van der Waals surface area contributed by atoms with E-state index in [0.29, 0.717) is 69.3 Å². The average Bonchev–Trinajstić information content (AvgIpc) is 2.90. The molecule has 0 atom stereocenters. The molecule has 3 aromatic rings. The molecule has 5 rings (SSSR count). The molecule has 2 aliphatic rings. The van der Waals surface area contributed by atoms with Crippen LogP contribution in [-0.2, 0) is 10.9 Å². The number of anilines is 2. The molecular weight excluding hydrogens is 514 g/mol. The maximum Gasteiger partial charge on any atom is 0.419 e. The van der Waals surface area contributed by atoms with E-state index in [2.05, 4.69) is 15.0 Å². The third-order valence-corrected chi connectivity index (χ3v) is 6.63. The van der Waals surface area contributed by atoms with Gasteiger partial charge < -0.3 is 19.3 Å². The number of nitrogens with zero attached hydrogens (tertiary/aromatic N) is 5. The molecule has 4 heterocycles. The summed E-state index contributed by atoms with van der Waals surface area (Å²) in [4.78, 5) is 16.7. The highest BCUT2D eigenvalue weighted by molar-refractivity contribution is 6.31. The van der Waals surface area contributed by atoms with Gasteiger partial charge in [-0.05, 0) is 30.3 Å². The molecule has 0 spiro atoms. The predicted molar refractivity (Wildman–Crippen MR) is 131 cm³/mol. The maximum atomic E-state index is 13.8. The molecule has 2 fully saturated rings. The van der Waals surface area contributed by atoms with Crippen LogP contribution in [0.4, 0.5) is 29.2 Å². The molecule has 0 amide bonds. The van der Waals surface area contributed by atoms with Gasteiger partial charge in [-0.2, -0.15) is 23.1 Å². The van der Waals surface area contributed by atoms with Crippen LogP contribution in [0, 0.1) is 5.82 Å². The zero-order valence-corrected chi connectivity index (χ0v) is 20.5. The lowest BCUT2D eigenvalue weighted by Crippen LogP contribution is -2.47. The molecule has 2 aliphatic heterocycles. The van der Waals surface area contributed by atoms with Crippen LogP contribution in [0.3, 0.4) is 0 Å². The molecule has 12 heteroatoms. The third-order valence-electron chi connectivity index (χ3n) is 6.34. The maximum absolute atomic E-state index is 13.8. The number of pyridine rings is 1. The summed E-state index contributed by atoms with van der Waals surface area (Å²) < 4.78 is 65.7. The molecule has 0 saturated carbocycles. The molecule has 1 aromatic carbocycles. The van der Waals surface area contributed by atoms with E-state index in [0.717, 1.165) is 6.07 Å². The van der Waals surface area contributed by atoms with Crippen LogP contribution in [0.25, 0.3) is 11.3 Å². The summed E-state index contributed by atoms with van der Waals surface area (Å²) in [5, 5.41) is -0.0333.